The molecule has 0 radical (unpaired) electrons. The first-order valence-corrected chi connectivity index (χ1v) is 18.7. The zero-order valence-corrected chi connectivity index (χ0v) is 30.2. The molecule has 9 aromatic rings. The van der Waals surface area contributed by atoms with Crippen LogP contribution in [0, 0.1) is 5.41 Å². The highest BCUT2D eigenvalue weighted by Gasteiger charge is 2.18. The molecule has 3 nitrogen and oxygen atoms in total. The largest absolute Gasteiger partial charge is 0.456 e. The van der Waals surface area contributed by atoms with E-state index in [4.69, 9.17) is 15.6 Å². The molecule has 8 aromatic carbocycles. The Morgan fingerprint density at radius 2 is 1.20 bits per heavy atom. The van der Waals surface area contributed by atoms with Gasteiger partial charge >= 0.3 is 0 Å². The second-order valence-corrected chi connectivity index (χ2v) is 14.2. The third-order valence-corrected chi connectivity index (χ3v) is 11.0. The molecule has 0 fully saturated rings. The first-order chi connectivity index (χ1) is 26.5. The molecule has 260 valence electrons. The predicted molar refractivity (Wildman–Crippen MR) is 229 cm³/mol. The third kappa shape index (κ3) is 5.94. The molecule has 0 bridgehead atoms. The van der Waals surface area contributed by atoms with Gasteiger partial charge in [-0.1, -0.05) is 165 Å². The van der Waals surface area contributed by atoms with E-state index in [2.05, 4.69) is 153 Å². The van der Waals surface area contributed by atoms with Crippen LogP contribution in [0.5, 0.6) is 0 Å². The van der Waals surface area contributed by atoms with Crippen LogP contribution >= 0.6 is 0 Å². The highest BCUT2D eigenvalue weighted by Crippen LogP contribution is 2.41. The van der Waals surface area contributed by atoms with Crippen molar-refractivity contribution in [2.75, 3.05) is 0 Å². The van der Waals surface area contributed by atoms with Crippen molar-refractivity contribution in [2.45, 2.75) is 25.2 Å². The average Bonchev–Trinajstić information content (AvgIpc) is 3.62. The Kier molecular flexibility index (Phi) is 8.61. The summed E-state index contributed by atoms with van der Waals surface area (Å²) in [6.45, 7) is 2.28. The molecule has 3 N–H and O–H groups in total. The van der Waals surface area contributed by atoms with E-state index in [1.54, 1.807) is 0 Å². The number of amidine groups is 1. The normalized spacial score (nSPS) is 14.4. The highest BCUT2D eigenvalue weighted by molar-refractivity contribution is 6.25. The Morgan fingerprint density at radius 1 is 0.593 bits per heavy atom. The fourth-order valence-corrected chi connectivity index (χ4v) is 8.28. The molecule has 0 amide bonds. The number of benzene rings is 8. The molecule has 1 aliphatic rings. The lowest BCUT2D eigenvalue weighted by atomic mass is 9.89. The van der Waals surface area contributed by atoms with Crippen LogP contribution in [-0.4, -0.2) is 5.84 Å². The summed E-state index contributed by atoms with van der Waals surface area (Å²) in [4.78, 5) is 0. The Bertz CT molecular complexity index is 2880. The fourth-order valence-electron chi connectivity index (χ4n) is 8.28. The summed E-state index contributed by atoms with van der Waals surface area (Å²) in [5.74, 6) is 0.767. The molecule has 10 rings (SSSR count). The minimum Gasteiger partial charge on any atom is -0.456 e. The van der Waals surface area contributed by atoms with Crippen molar-refractivity contribution in [1.82, 2.24) is 0 Å². The first-order valence-electron chi connectivity index (χ1n) is 18.7. The lowest BCUT2D eigenvalue weighted by Gasteiger charge is -2.16. The summed E-state index contributed by atoms with van der Waals surface area (Å²) in [5.41, 5.74) is 14.5. The SMILES string of the molecule is CC(c1ccccc1)c1cccc2oc3ccc(-c4ccc5c6ccccc6c6ccccc6c5c4)cc3c12.N=C(N)c1ccccc1C1C=CC=CC1. The van der Waals surface area contributed by atoms with Gasteiger partial charge in [0.2, 0.25) is 0 Å². The zero-order valence-electron chi connectivity index (χ0n) is 30.2. The summed E-state index contributed by atoms with van der Waals surface area (Å²) in [7, 11) is 0. The number of rotatable bonds is 5. The lowest BCUT2D eigenvalue weighted by Crippen LogP contribution is -2.15. The lowest BCUT2D eigenvalue weighted by molar-refractivity contribution is 0.668. The van der Waals surface area contributed by atoms with E-state index in [-0.39, 0.29) is 11.8 Å². The molecule has 1 aliphatic carbocycles. The molecule has 0 aliphatic heterocycles. The van der Waals surface area contributed by atoms with Crippen molar-refractivity contribution in [3.8, 4) is 11.1 Å². The van der Waals surface area contributed by atoms with Gasteiger partial charge in [0.25, 0.3) is 0 Å². The van der Waals surface area contributed by atoms with E-state index in [1.807, 2.05) is 36.4 Å². The van der Waals surface area contributed by atoms with Crippen molar-refractivity contribution in [1.29, 1.82) is 5.41 Å². The van der Waals surface area contributed by atoms with Gasteiger partial charge in [-0.15, -0.1) is 0 Å². The molecule has 0 saturated carbocycles. The zero-order chi connectivity index (χ0) is 36.6. The molecule has 1 aromatic heterocycles. The minimum absolute atomic E-state index is 0.147. The van der Waals surface area contributed by atoms with Crippen molar-refractivity contribution >= 4 is 60.1 Å². The molecular weight excluding hydrogens is 657 g/mol. The summed E-state index contributed by atoms with van der Waals surface area (Å²) in [6.07, 6.45) is 9.38. The molecule has 54 heavy (non-hydrogen) atoms. The van der Waals surface area contributed by atoms with Crippen molar-refractivity contribution in [3.05, 3.63) is 204 Å². The Labute approximate surface area is 315 Å². The maximum atomic E-state index is 7.53. The topological polar surface area (TPSA) is 63.0 Å². The summed E-state index contributed by atoms with van der Waals surface area (Å²) in [6, 6.07) is 56.1. The van der Waals surface area contributed by atoms with Crippen LogP contribution in [0.2, 0.25) is 0 Å². The van der Waals surface area contributed by atoms with E-state index in [0.717, 1.165) is 28.7 Å². The van der Waals surface area contributed by atoms with E-state index in [0.29, 0.717) is 5.92 Å². The Hall–Kier alpha value is -6.71. The van der Waals surface area contributed by atoms with E-state index < -0.39 is 0 Å². The smallest absolute Gasteiger partial charge is 0.135 e. The predicted octanol–water partition coefficient (Wildman–Crippen LogP) is 13.4. The standard InChI is InChI=1S/C38H26O.C13H14N2/c1-24(25-10-3-2-4-11-25)28-16-9-17-37-38(28)35-23-27(19-21-36(35)39-37)26-18-20-33-31-14-6-5-12-29(31)30-13-7-8-15-32(30)34(33)22-26;14-13(15)12-9-5-4-8-11(12)10-6-2-1-3-7-10/h2-24H,1H3;1-6,8-10H,7H2,(H3,14,15). The van der Waals surface area contributed by atoms with Gasteiger partial charge in [-0.05, 0) is 90.8 Å². The van der Waals surface area contributed by atoms with Crippen LogP contribution in [-0.2, 0) is 0 Å². The second-order valence-electron chi connectivity index (χ2n) is 14.2. The molecule has 2 unspecified atom stereocenters. The highest BCUT2D eigenvalue weighted by atomic mass is 16.3. The third-order valence-electron chi connectivity index (χ3n) is 11.0. The summed E-state index contributed by atoms with van der Waals surface area (Å²) >= 11 is 0. The number of fused-ring (bicyclic) bond motifs is 9. The van der Waals surface area contributed by atoms with E-state index in [9.17, 15) is 0 Å². The first kappa shape index (κ1) is 33.1. The van der Waals surface area contributed by atoms with Crippen LogP contribution in [0.1, 0.15) is 47.4 Å². The average molecular weight is 697 g/mol. The summed E-state index contributed by atoms with van der Waals surface area (Å²) < 4.78 is 6.35. The number of nitrogens with one attached hydrogen (secondary N) is 1. The number of allylic oxidation sites excluding steroid dienone is 4. The number of nitrogens with two attached hydrogens (primary N) is 1. The maximum absolute atomic E-state index is 7.53. The Morgan fingerprint density at radius 3 is 1.89 bits per heavy atom. The van der Waals surface area contributed by atoms with Crippen molar-refractivity contribution < 1.29 is 4.42 Å². The van der Waals surface area contributed by atoms with Gasteiger partial charge in [0.15, 0.2) is 0 Å². The molecular formula is C51H40N2O. The summed E-state index contributed by atoms with van der Waals surface area (Å²) in [5, 5.41) is 17.7. The Balaban J connectivity index is 0.000000216. The monoisotopic (exact) mass is 696 g/mol. The number of nitrogen functional groups attached to an aromatic ring is 1. The quantitative estimate of drug-likeness (QED) is 0.107. The van der Waals surface area contributed by atoms with Crippen molar-refractivity contribution in [2.24, 2.45) is 5.73 Å². The molecule has 0 spiro atoms. The fraction of sp³-hybridized carbons (Fsp3) is 0.0784. The number of hydrogen-bond acceptors (Lipinski definition) is 2. The van der Waals surface area contributed by atoms with Crippen molar-refractivity contribution in [3.63, 3.8) is 0 Å². The molecule has 1 heterocycles. The van der Waals surface area contributed by atoms with E-state index in [1.165, 1.54) is 65.3 Å². The van der Waals surface area contributed by atoms with E-state index >= 15 is 0 Å². The van der Waals surface area contributed by atoms with Crippen LogP contribution in [0.25, 0.3) is 65.4 Å². The number of furan rings is 1. The molecule has 2 atom stereocenters. The minimum atomic E-state index is 0.147. The van der Waals surface area contributed by atoms with Crippen LogP contribution in [0.4, 0.5) is 0 Å². The maximum Gasteiger partial charge on any atom is 0.135 e. The van der Waals surface area contributed by atoms with Gasteiger partial charge in [0.1, 0.15) is 17.0 Å². The molecule has 0 saturated heterocycles. The van der Waals surface area contributed by atoms with Gasteiger partial charge in [-0.3, -0.25) is 5.41 Å². The number of hydrogen-bond donors (Lipinski definition) is 2. The van der Waals surface area contributed by atoms with Gasteiger partial charge in [0, 0.05) is 28.2 Å². The van der Waals surface area contributed by atoms with Gasteiger partial charge in [-0.2, -0.15) is 0 Å². The van der Waals surface area contributed by atoms with Gasteiger partial charge < -0.3 is 10.2 Å². The van der Waals surface area contributed by atoms with Gasteiger partial charge in [0.05, 0.1) is 0 Å². The molecule has 3 heteroatoms. The van der Waals surface area contributed by atoms with Crippen LogP contribution < -0.4 is 5.73 Å². The van der Waals surface area contributed by atoms with Crippen LogP contribution in [0.3, 0.4) is 0 Å². The van der Waals surface area contributed by atoms with Crippen LogP contribution in [0.15, 0.2) is 186 Å². The van der Waals surface area contributed by atoms with Gasteiger partial charge in [-0.25, -0.2) is 0 Å². The second kappa shape index (κ2) is 14.0.